The third kappa shape index (κ3) is 14.6. The number of hydrogen-bond acceptors (Lipinski definition) is 4. The van der Waals surface area contributed by atoms with E-state index in [1.165, 1.54) is 80.1 Å². The Balaban J connectivity index is 1.31. The lowest BCUT2D eigenvalue weighted by Gasteiger charge is -2.28. The van der Waals surface area contributed by atoms with Gasteiger partial charge in [-0.15, -0.1) is 0 Å². The van der Waals surface area contributed by atoms with Crippen LogP contribution in [0.4, 0.5) is 5.69 Å². The molecular weight excluding hydrogens is 690 g/mol. The number of unbranched alkanes of at least 4 members (excludes halogenated alkanes) is 11. The van der Waals surface area contributed by atoms with E-state index in [0.717, 1.165) is 43.4 Å². The molecule has 0 spiro atoms. The fourth-order valence-electron chi connectivity index (χ4n) is 7.17. The summed E-state index contributed by atoms with van der Waals surface area (Å²) in [5, 5.41) is 24.2. The summed E-state index contributed by atoms with van der Waals surface area (Å²) in [6, 6.07) is 38.9. The van der Waals surface area contributed by atoms with Crippen molar-refractivity contribution in [1.29, 1.82) is 0 Å². The molecule has 5 nitrogen and oxygen atoms in total. The molecule has 0 aliphatic rings. The molecule has 4 aromatic rings. The first-order valence-corrected chi connectivity index (χ1v) is 22.6. The number of nitrogens with one attached hydrogen (secondary N) is 3. The van der Waals surface area contributed by atoms with Crippen molar-refractivity contribution in [3.05, 3.63) is 115 Å². The van der Waals surface area contributed by atoms with E-state index < -0.39 is 7.26 Å². The number of carbonyl (C=O) groups excluding carboxylic acids is 1. The number of hydrogen-bond donors (Lipinski definition) is 4. The van der Waals surface area contributed by atoms with Gasteiger partial charge in [-0.05, 0) is 80.6 Å². The highest BCUT2D eigenvalue weighted by molar-refractivity contribution is 7.95. The number of phenols is 1. The van der Waals surface area contributed by atoms with Crippen molar-refractivity contribution in [2.24, 2.45) is 0 Å². The summed E-state index contributed by atoms with van der Waals surface area (Å²) in [7, 11) is -2.04. The number of phenolic OH excluding ortho intramolecular Hbond substituents is 1. The van der Waals surface area contributed by atoms with Crippen LogP contribution in [0.25, 0.3) is 0 Å². The molecule has 0 aliphatic carbocycles. The van der Waals surface area contributed by atoms with E-state index in [9.17, 15) is 9.90 Å². The summed E-state index contributed by atoms with van der Waals surface area (Å²) in [6.07, 6.45) is 19.0. The predicted octanol–water partition coefficient (Wildman–Crippen LogP) is 10.1. The summed E-state index contributed by atoms with van der Waals surface area (Å²) in [4.78, 5) is 14.7. The normalized spacial score (nSPS) is 11.9. The Kier molecular flexibility index (Phi) is 19.6. The van der Waals surface area contributed by atoms with Crippen LogP contribution in [0.3, 0.4) is 0 Å². The molecule has 0 heterocycles. The maximum absolute atomic E-state index is 13.8. The number of anilines is 1. The second-order valence-electron chi connectivity index (χ2n) is 14.2. The summed E-state index contributed by atoms with van der Waals surface area (Å²) in [5.41, 5.74) is 0.593. The number of amides is 1. The molecule has 0 aromatic heterocycles. The van der Waals surface area contributed by atoms with E-state index >= 15 is 0 Å². The minimum atomic E-state index is -2.04. The molecule has 53 heavy (non-hydrogen) atoms. The van der Waals surface area contributed by atoms with Crippen LogP contribution in [-0.4, -0.2) is 41.3 Å². The molecular formula is C46H63N3O2PS+. The number of rotatable bonds is 26. The maximum Gasteiger partial charge on any atom is 0.241 e. The minimum absolute atomic E-state index is 0.0846. The highest BCUT2D eigenvalue weighted by atomic mass is 32.1. The van der Waals surface area contributed by atoms with Crippen LogP contribution >= 0.6 is 19.5 Å². The molecule has 0 aliphatic heterocycles. The van der Waals surface area contributed by atoms with E-state index in [4.69, 9.17) is 12.2 Å². The lowest BCUT2D eigenvalue weighted by molar-refractivity contribution is -0.118. The van der Waals surface area contributed by atoms with Gasteiger partial charge in [-0.1, -0.05) is 144 Å². The zero-order chi connectivity index (χ0) is 37.4. The second-order valence-corrected chi connectivity index (χ2v) is 18.3. The van der Waals surface area contributed by atoms with Gasteiger partial charge in [0.25, 0.3) is 0 Å². The lowest BCUT2D eigenvalue weighted by atomic mass is 10.1. The van der Waals surface area contributed by atoms with Crippen LogP contribution in [0, 0.1) is 0 Å². The standard InChI is InChI=1S/C46H62N3O2PS/c1-2-3-4-5-6-7-8-9-10-11-21-34-45(53)48-35-23-22-33-44(46(51)49-39-25-24-26-40(50)38-39)47-36-37-52(41-27-15-12-16-28-41,42-29-17-13-18-30-42)43-31-19-14-20-32-43/h12-20,24-32,38,44,47H,2-11,21-23,33-37H2,1H3,(H2-,48,49,50,51,53)/p+1/t44-/m0/s1. The third-order valence-corrected chi connectivity index (χ3v) is 14.9. The van der Waals surface area contributed by atoms with Crippen LogP contribution in [0.5, 0.6) is 5.75 Å². The summed E-state index contributed by atoms with van der Waals surface area (Å²) in [6.45, 7) is 3.77. The van der Waals surface area contributed by atoms with Crippen LogP contribution in [-0.2, 0) is 4.79 Å². The highest BCUT2D eigenvalue weighted by Gasteiger charge is 2.44. The van der Waals surface area contributed by atoms with Crippen LogP contribution in [0.2, 0.25) is 0 Å². The van der Waals surface area contributed by atoms with Crippen molar-refractivity contribution < 1.29 is 9.90 Å². The molecule has 0 radical (unpaired) electrons. The second kappa shape index (κ2) is 24.7. The monoisotopic (exact) mass is 752 g/mol. The number of thiocarbonyl (C=S) groups is 1. The first kappa shape index (κ1) is 42.2. The molecule has 1 amide bonds. The van der Waals surface area contributed by atoms with Crippen LogP contribution in [0.15, 0.2) is 115 Å². The Hall–Kier alpha value is -3.57. The van der Waals surface area contributed by atoms with Gasteiger partial charge < -0.3 is 21.1 Å². The summed E-state index contributed by atoms with van der Waals surface area (Å²) < 4.78 is 0. The molecule has 284 valence electrons. The van der Waals surface area contributed by atoms with Crippen molar-refractivity contribution in [1.82, 2.24) is 10.6 Å². The fraction of sp³-hybridized carbons (Fsp3) is 0.435. The van der Waals surface area contributed by atoms with E-state index in [-0.39, 0.29) is 17.7 Å². The van der Waals surface area contributed by atoms with E-state index in [1.807, 2.05) is 6.07 Å². The Bertz CT molecular complexity index is 1490. The largest absolute Gasteiger partial charge is 0.508 e. The van der Waals surface area contributed by atoms with Gasteiger partial charge in [0.2, 0.25) is 5.91 Å². The van der Waals surface area contributed by atoms with Crippen molar-refractivity contribution in [2.75, 3.05) is 24.6 Å². The summed E-state index contributed by atoms with van der Waals surface area (Å²) >= 11 is 5.66. The first-order chi connectivity index (χ1) is 26.0. The zero-order valence-corrected chi connectivity index (χ0v) is 33.7. The lowest BCUT2D eigenvalue weighted by Crippen LogP contribution is -2.44. The molecule has 0 bridgehead atoms. The molecule has 7 heteroatoms. The number of benzene rings is 4. The van der Waals surface area contributed by atoms with Crippen molar-refractivity contribution in [3.8, 4) is 5.75 Å². The Morgan fingerprint density at radius 1 is 0.642 bits per heavy atom. The average molecular weight is 753 g/mol. The van der Waals surface area contributed by atoms with Gasteiger partial charge in [-0.2, -0.15) is 0 Å². The topological polar surface area (TPSA) is 73.4 Å². The minimum Gasteiger partial charge on any atom is -0.508 e. The molecule has 0 saturated carbocycles. The third-order valence-electron chi connectivity index (χ3n) is 10.1. The van der Waals surface area contributed by atoms with Gasteiger partial charge in [0.15, 0.2) is 0 Å². The molecule has 4 aromatic carbocycles. The summed E-state index contributed by atoms with van der Waals surface area (Å²) in [5.74, 6) is 0.0457. The van der Waals surface area contributed by atoms with Gasteiger partial charge in [-0.3, -0.25) is 4.79 Å². The number of aromatic hydroxyl groups is 1. The average Bonchev–Trinajstić information content (AvgIpc) is 3.18. The van der Waals surface area contributed by atoms with Crippen LogP contribution in [0.1, 0.15) is 103 Å². The van der Waals surface area contributed by atoms with Crippen LogP contribution < -0.4 is 31.9 Å². The number of carbonyl (C=O) groups is 1. The first-order valence-electron chi connectivity index (χ1n) is 20.2. The predicted molar refractivity (Wildman–Crippen MR) is 234 cm³/mol. The van der Waals surface area contributed by atoms with Crippen molar-refractivity contribution >= 4 is 52.0 Å². The van der Waals surface area contributed by atoms with Gasteiger partial charge in [0.05, 0.1) is 17.2 Å². The fourth-order valence-corrected chi connectivity index (χ4v) is 11.6. The van der Waals surface area contributed by atoms with E-state index in [1.54, 1.807) is 18.2 Å². The maximum atomic E-state index is 13.8. The zero-order valence-electron chi connectivity index (χ0n) is 32.0. The van der Waals surface area contributed by atoms with E-state index in [2.05, 4.69) is 114 Å². The SMILES string of the molecule is CCCCCCCCCCCCCC(=S)NCCCC[C@H](NCC[P+](c1ccccc1)(c1ccccc1)c1ccccc1)C(=O)Nc1cccc(O)c1. The highest BCUT2D eigenvalue weighted by Crippen LogP contribution is 2.54. The molecule has 4 rings (SSSR count). The quantitative estimate of drug-likeness (QED) is 0.0292. The molecule has 0 fully saturated rings. The van der Waals surface area contributed by atoms with Crippen molar-refractivity contribution in [3.63, 3.8) is 0 Å². The molecule has 1 atom stereocenters. The molecule has 0 unspecified atom stereocenters. The van der Waals surface area contributed by atoms with Gasteiger partial charge in [0, 0.05) is 24.8 Å². The Morgan fingerprint density at radius 3 is 1.70 bits per heavy atom. The van der Waals surface area contributed by atoms with Gasteiger partial charge in [0.1, 0.15) is 28.9 Å². The van der Waals surface area contributed by atoms with Gasteiger partial charge in [-0.25, -0.2) is 0 Å². The van der Waals surface area contributed by atoms with Crippen molar-refractivity contribution in [2.45, 2.75) is 109 Å². The molecule has 0 saturated heterocycles. The smallest absolute Gasteiger partial charge is 0.241 e. The van der Waals surface area contributed by atoms with Gasteiger partial charge >= 0.3 is 0 Å². The Morgan fingerprint density at radius 2 is 1.17 bits per heavy atom. The Labute approximate surface area is 326 Å². The van der Waals surface area contributed by atoms with E-state index in [0.29, 0.717) is 18.7 Å². The molecule has 4 N–H and O–H groups in total.